The highest BCUT2D eigenvalue weighted by Crippen LogP contribution is 2.38. The van der Waals surface area contributed by atoms with Crippen molar-refractivity contribution in [2.24, 2.45) is 0 Å². The van der Waals surface area contributed by atoms with E-state index in [9.17, 15) is 13.4 Å². The molecular formula is C18H16ClFN2O3S. The zero-order chi connectivity index (χ0) is 18.4. The van der Waals surface area contributed by atoms with E-state index in [1.807, 2.05) is 4.90 Å². The molecular weight excluding hydrogens is 379 g/mol. The number of hydrogen-bond donors (Lipinski definition) is 1. The van der Waals surface area contributed by atoms with E-state index in [0.717, 1.165) is 11.3 Å². The summed E-state index contributed by atoms with van der Waals surface area (Å²) in [5.41, 5.74) is 2.28. The first-order valence-corrected chi connectivity index (χ1v) is 9.71. The molecule has 1 N–H and O–H groups in total. The largest absolute Gasteiger partial charge is 0.359 e. The van der Waals surface area contributed by atoms with E-state index in [1.54, 1.807) is 35.2 Å². The Morgan fingerprint density at radius 3 is 2.58 bits per heavy atom. The maximum Gasteiger partial charge on any atom is 0.249 e. The van der Waals surface area contributed by atoms with Gasteiger partial charge in [0, 0.05) is 24.5 Å². The molecule has 8 heteroatoms. The third-order valence-corrected chi connectivity index (χ3v) is 6.07. The molecule has 136 valence electrons. The van der Waals surface area contributed by atoms with Crippen molar-refractivity contribution in [1.29, 1.82) is 0 Å². The number of nitrogens with zero attached hydrogens (tertiary/aromatic N) is 2. The van der Waals surface area contributed by atoms with Crippen molar-refractivity contribution in [3.05, 3.63) is 52.8 Å². The van der Waals surface area contributed by atoms with Crippen molar-refractivity contribution in [3.63, 3.8) is 0 Å². The van der Waals surface area contributed by atoms with Gasteiger partial charge < -0.3 is 14.4 Å². The smallest absolute Gasteiger partial charge is 0.249 e. The molecule has 2 heterocycles. The topological polar surface area (TPSA) is 60.9 Å². The monoisotopic (exact) mass is 394 g/mol. The van der Waals surface area contributed by atoms with Crippen LogP contribution in [0.2, 0.25) is 5.02 Å². The first-order chi connectivity index (χ1) is 12.5. The van der Waals surface area contributed by atoms with Crippen LogP contribution in [-0.4, -0.2) is 33.8 Å². The van der Waals surface area contributed by atoms with Gasteiger partial charge in [0.1, 0.15) is 11.9 Å². The molecule has 1 unspecified atom stereocenters. The van der Waals surface area contributed by atoms with Crippen LogP contribution in [0.1, 0.15) is 12.0 Å². The lowest BCUT2D eigenvalue weighted by Gasteiger charge is -2.26. The van der Waals surface area contributed by atoms with Gasteiger partial charge in [-0.15, -0.1) is 0 Å². The Morgan fingerprint density at radius 2 is 1.88 bits per heavy atom. The molecule has 0 saturated carbocycles. The Labute approximate surface area is 157 Å². The van der Waals surface area contributed by atoms with Crippen LogP contribution in [0.25, 0.3) is 0 Å². The van der Waals surface area contributed by atoms with Gasteiger partial charge in [0.2, 0.25) is 5.91 Å². The molecule has 26 heavy (non-hydrogen) atoms. The number of hydrogen-bond acceptors (Lipinski definition) is 3. The SMILES string of the molecule is O=C1[C@@H](N2CCc3c2ccc(F)c3Cl)CCN1c1ccc(S(=O)O)cc1. The minimum atomic E-state index is -2.04. The fraction of sp³-hybridized carbons (Fsp3) is 0.278. The van der Waals surface area contributed by atoms with Crippen molar-refractivity contribution in [2.45, 2.75) is 23.8 Å². The first-order valence-electron chi connectivity index (χ1n) is 8.23. The summed E-state index contributed by atoms with van der Waals surface area (Å²) in [6.45, 7) is 1.19. The molecule has 0 aromatic heterocycles. The maximum absolute atomic E-state index is 13.7. The summed E-state index contributed by atoms with van der Waals surface area (Å²) in [4.78, 5) is 16.9. The summed E-state index contributed by atoms with van der Waals surface area (Å²) in [7, 11) is 0. The zero-order valence-electron chi connectivity index (χ0n) is 13.7. The third-order valence-electron chi connectivity index (χ3n) is 4.99. The van der Waals surface area contributed by atoms with Gasteiger partial charge in [-0.25, -0.2) is 8.60 Å². The fourth-order valence-corrected chi connectivity index (χ4v) is 4.34. The Morgan fingerprint density at radius 1 is 1.15 bits per heavy atom. The Bertz CT molecular complexity index is 906. The van der Waals surface area contributed by atoms with Gasteiger partial charge in [0.15, 0.2) is 11.1 Å². The summed E-state index contributed by atoms with van der Waals surface area (Å²) in [5.74, 6) is -0.468. The molecule has 0 spiro atoms. The summed E-state index contributed by atoms with van der Waals surface area (Å²) in [6, 6.07) is 9.14. The highest BCUT2D eigenvalue weighted by atomic mass is 35.5. The molecule has 0 bridgehead atoms. The van der Waals surface area contributed by atoms with Gasteiger partial charge in [-0.1, -0.05) is 11.6 Å². The lowest BCUT2D eigenvalue weighted by atomic mass is 10.1. The lowest BCUT2D eigenvalue weighted by molar-refractivity contribution is -0.118. The van der Waals surface area contributed by atoms with Crippen LogP contribution in [0, 0.1) is 5.82 Å². The van der Waals surface area contributed by atoms with Crippen molar-refractivity contribution in [3.8, 4) is 0 Å². The number of carbonyl (C=O) groups excluding carboxylic acids is 1. The highest BCUT2D eigenvalue weighted by Gasteiger charge is 2.39. The third kappa shape index (κ3) is 2.80. The van der Waals surface area contributed by atoms with E-state index in [1.165, 1.54) is 6.07 Å². The van der Waals surface area contributed by atoms with Gasteiger partial charge in [0.05, 0.1) is 9.92 Å². The van der Waals surface area contributed by atoms with Crippen LogP contribution >= 0.6 is 11.6 Å². The standard InChI is InChI=1S/C18H16ClFN2O3S/c19-17-13-7-9-22(15(13)6-5-14(17)20)16-8-10-21(18(16)23)11-1-3-12(4-2-11)26(24)25/h1-6,16H,7-10H2,(H,24,25)/t16-/m0/s1. The van der Waals surface area contributed by atoms with Crippen molar-refractivity contribution >= 4 is 40.0 Å². The minimum absolute atomic E-state index is 0.0313. The maximum atomic E-state index is 13.7. The number of anilines is 2. The Balaban J connectivity index is 1.58. The molecule has 2 aliphatic heterocycles. The number of carbonyl (C=O) groups is 1. The molecule has 2 aliphatic rings. The average molecular weight is 395 g/mol. The van der Waals surface area contributed by atoms with Crippen LogP contribution in [-0.2, 0) is 22.3 Å². The molecule has 2 aromatic carbocycles. The van der Waals surface area contributed by atoms with Crippen molar-refractivity contribution in [1.82, 2.24) is 0 Å². The molecule has 2 atom stereocenters. The van der Waals surface area contributed by atoms with Gasteiger partial charge in [-0.2, -0.15) is 0 Å². The van der Waals surface area contributed by atoms with Crippen molar-refractivity contribution < 1.29 is 17.9 Å². The summed E-state index contributed by atoms with van der Waals surface area (Å²) >= 11 is 4.03. The second-order valence-electron chi connectivity index (χ2n) is 6.34. The molecule has 1 amide bonds. The van der Waals surface area contributed by atoms with Crippen LogP contribution in [0.5, 0.6) is 0 Å². The minimum Gasteiger partial charge on any atom is -0.359 e. The van der Waals surface area contributed by atoms with Gasteiger partial charge in [-0.3, -0.25) is 4.79 Å². The fourth-order valence-electron chi connectivity index (χ4n) is 3.72. The number of amides is 1. The molecule has 4 rings (SSSR count). The van der Waals surface area contributed by atoms with Gasteiger partial charge in [-0.05, 0) is 54.8 Å². The number of benzene rings is 2. The van der Waals surface area contributed by atoms with Crippen LogP contribution in [0.3, 0.4) is 0 Å². The number of rotatable bonds is 3. The predicted octanol–water partition coefficient (Wildman–Crippen LogP) is 3.23. The predicted molar refractivity (Wildman–Crippen MR) is 98.7 cm³/mol. The molecule has 2 aromatic rings. The second-order valence-corrected chi connectivity index (χ2v) is 7.69. The van der Waals surface area contributed by atoms with Gasteiger partial charge in [0.25, 0.3) is 0 Å². The normalized spacial score (nSPS) is 20.6. The van der Waals surface area contributed by atoms with Crippen LogP contribution < -0.4 is 9.80 Å². The van der Waals surface area contributed by atoms with E-state index < -0.39 is 16.9 Å². The molecule has 0 aliphatic carbocycles. The second kappa shape index (κ2) is 6.64. The van der Waals surface area contributed by atoms with E-state index in [2.05, 4.69) is 0 Å². The molecule has 0 radical (unpaired) electrons. The van der Waals surface area contributed by atoms with Crippen LogP contribution in [0.15, 0.2) is 41.3 Å². The zero-order valence-corrected chi connectivity index (χ0v) is 15.3. The highest BCUT2D eigenvalue weighted by molar-refractivity contribution is 7.79. The van der Waals surface area contributed by atoms with E-state index >= 15 is 0 Å². The Kier molecular flexibility index (Phi) is 4.46. The molecule has 5 nitrogen and oxygen atoms in total. The molecule has 1 fully saturated rings. The average Bonchev–Trinajstić information content (AvgIpc) is 3.22. The summed E-state index contributed by atoms with van der Waals surface area (Å²) in [6.07, 6.45) is 1.27. The number of fused-ring (bicyclic) bond motifs is 1. The van der Waals surface area contributed by atoms with Gasteiger partial charge >= 0.3 is 0 Å². The van der Waals surface area contributed by atoms with E-state index in [-0.39, 0.29) is 17.0 Å². The first kappa shape index (κ1) is 17.5. The lowest BCUT2D eigenvalue weighted by Crippen LogP contribution is -2.41. The Hall–Kier alpha value is -1.96. The quantitative estimate of drug-likeness (QED) is 0.812. The molecule has 1 saturated heterocycles. The summed E-state index contributed by atoms with van der Waals surface area (Å²) in [5, 5.41) is 0.139. The van der Waals surface area contributed by atoms with Crippen LogP contribution in [0.4, 0.5) is 15.8 Å². The van der Waals surface area contributed by atoms with Crippen molar-refractivity contribution in [2.75, 3.05) is 22.9 Å². The number of halogens is 2. The summed E-state index contributed by atoms with van der Waals surface area (Å²) < 4.78 is 33.8. The van der Waals surface area contributed by atoms with E-state index in [0.29, 0.717) is 36.5 Å². The van der Waals surface area contributed by atoms with E-state index in [4.69, 9.17) is 16.2 Å².